The van der Waals surface area contributed by atoms with E-state index in [1.54, 1.807) is 37.6 Å². The van der Waals surface area contributed by atoms with Crippen molar-refractivity contribution in [2.24, 2.45) is 7.05 Å². The van der Waals surface area contributed by atoms with Crippen molar-refractivity contribution < 1.29 is 17.9 Å². The van der Waals surface area contributed by atoms with Crippen molar-refractivity contribution in [2.45, 2.75) is 19.4 Å². The highest BCUT2D eigenvalue weighted by atomic mass is 79.9. The van der Waals surface area contributed by atoms with Crippen molar-refractivity contribution in [1.82, 2.24) is 14.8 Å². The number of hydrogen-bond acceptors (Lipinski definition) is 4. The van der Waals surface area contributed by atoms with Crippen molar-refractivity contribution in [3.63, 3.8) is 0 Å². The van der Waals surface area contributed by atoms with Gasteiger partial charge in [0, 0.05) is 17.1 Å². The van der Waals surface area contributed by atoms with E-state index in [4.69, 9.17) is 10.00 Å². The van der Waals surface area contributed by atoms with E-state index in [-0.39, 0.29) is 5.56 Å². The van der Waals surface area contributed by atoms with Gasteiger partial charge in [-0.1, -0.05) is 0 Å². The van der Waals surface area contributed by atoms with Crippen LogP contribution in [0.3, 0.4) is 0 Å². The molecular formula is C19H14BrF3N4O. The Morgan fingerprint density at radius 1 is 1.11 bits per heavy atom. The van der Waals surface area contributed by atoms with Crippen LogP contribution in [0.5, 0.6) is 5.75 Å². The van der Waals surface area contributed by atoms with Gasteiger partial charge in [0.05, 0.1) is 11.6 Å². The molecule has 0 saturated heterocycles. The van der Waals surface area contributed by atoms with Gasteiger partial charge < -0.3 is 9.30 Å². The number of nitriles is 1. The lowest BCUT2D eigenvalue weighted by Crippen LogP contribution is -2.30. The summed E-state index contributed by atoms with van der Waals surface area (Å²) in [6.45, 7) is 3.16. The number of aromatic nitrogens is 3. The Morgan fingerprint density at radius 2 is 1.75 bits per heavy atom. The van der Waals surface area contributed by atoms with Crippen LogP contribution in [0.2, 0.25) is 0 Å². The third kappa shape index (κ3) is 3.60. The zero-order valence-electron chi connectivity index (χ0n) is 15.1. The molecule has 0 saturated carbocycles. The Labute approximate surface area is 167 Å². The number of rotatable bonds is 4. The lowest BCUT2D eigenvalue weighted by Gasteiger charge is -2.26. The van der Waals surface area contributed by atoms with E-state index in [0.717, 1.165) is 12.1 Å². The van der Waals surface area contributed by atoms with Crippen LogP contribution in [-0.2, 0) is 12.6 Å². The van der Waals surface area contributed by atoms with Crippen molar-refractivity contribution in [3.8, 4) is 23.2 Å². The zero-order chi connectivity index (χ0) is 20.6. The second-order valence-electron chi connectivity index (χ2n) is 6.52. The van der Waals surface area contributed by atoms with Crippen LogP contribution in [0.4, 0.5) is 13.2 Å². The maximum Gasteiger partial charge on any atom is 0.192 e. The molecule has 0 bridgehead atoms. The molecule has 0 aliphatic carbocycles. The first kappa shape index (κ1) is 19.9. The van der Waals surface area contributed by atoms with Gasteiger partial charge in [0.15, 0.2) is 34.6 Å². The first-order valence-electron chi connectivity index (χ1n) is 8.07. The van der Waals surface area contributed by atoms with E-state index in [2.05, 4.69) is 26.1 Å². The molecule has 2 aromatic carbocycles. The number of nitrogens with zero attached hydrogens (tertiary/aromatic N) is 4. The highest BCUT2D eigenvalue weighted by Crippen LogP contribution is 2.34. The summed E-state index contributed by atoms with van der Waals surface area (Å²) in [5.41, 5.74) is -0.820. The summed E-state index contributed by atoms with van der Waals surface area (Å²) in [6, 6.07) is 7.60. The molecule has 0 radical (unpaired) electrons. The third-order valence-electron chi connectivity index (χ3n) is 4.07. The molecule has 144 valence electrons. The van der Waals surface area contributed by atoms with Crippen molar-refractivity contribution in [1.29, 1.82) is 5.26 Å². The van der Waals surface area contributed by atoms with Crippen molar-refractivity contribution >= 4 is 15.9 Å². The summed E-state index contributed by atoms with van der Waals surface area (Å²) in [7, 11) is 1.66. The summed E-state index contributed by atoms with van der Waals surface area (Å²) in [5, 5.41) is 17.0. The Morgan fingerprint density at radius 3 is 2.32 bits per heavy atom. The van der Waals surface area contributed by atoms with Gasteiger partial charge in [0.1, 0.15) is 5.82 Å². The SMILES string of the molecule is Cn1c(-c2ccc(F)cc2Br)nnc1C(C)(C)Oc1c(F)cc(C#N)cc1F. The predicted octanol–water partition coefficient (Wildman–Crippen LogP) is 4.85. The molecule has 0 fully saturated rings. The molecule has 1 heterocycles. The minimum Gasteiger partial charge on any atom is -0.474 e. The summed E-state index contributed by atoms with van der Waals surface area (Å²) < 4.78 is 49.4. The average molecular weight is 451 g/mol. The van der Waals surface area contributed by atoms with Crippen molar-refractivity contribution in [3.05, 3.63) is 63.6 Å². The van der Waals surface area contributed by atoms with E-state index < -0.39 is 28.8 Å². The van der Waals surface area contributed by atoms with Gasteiger partial charge in [0.2, 0.25) is 0 Å². The molecule has 1 aromatic heterocycles. The molecule has 0 aliphatic rings. The molecule has 0 atom stereocenters. The van der Waals surface area contributed by atoms with E-state index in [1.165, 1.54) is 12.1 Å². The minimum atomic E-state index is -1.26. The van der Waals surface area contributed by atoms with Gasteiger partial charge in [-0.2, -0.15) is 5.26 Å². The Kier molecular flexibility index (Phi) is 5.17. The van der Waals surface area contributed by atoms with Crippen LogP contribution in [-0.4, -0.2) is 14.8 Å². The van der Waals surface area contributed by atoms with E-state index in [1.807, 2.05) is 0 Å². The second kappa shape index (κ2) is 7.28. The summed E-state index contributed by atoms with van der Waals surface area (Å²) in [5.74, 6) is -2.30. The quantitative estimate of drug-likeness (QED) is 0.569. The fraction of sp³-hybridized carbons (Fsp3) is 0.211. The maximum atomic E-state index is 14.2. The lowest BCUT2D eigenvalue weighted by molar-refractivity contribution is 0.0836. The number of benzene rings is 2. The first-order valence-corrected chi connectivity index (χ1v) is 8.87. The van der Waals surface area contributed by atoms with Crippen LogP contribution in [0.1, 0.15) is 25.2 Å². The average Bonchev–Trinajstić information content (AvgIpc) is 3.00. The lowest BCUT2D eigenvalue weighted by atomic mass is 10.1. The molecule has 0 amide bonds. The van der Waals surface area contributed by atoms with Crippen LogP contribution < -0.4 is 4.74 Å². The number of ether oxygens (including phenoxy) is 1. The Hall–Kier alpha value is -2.86. The molecule has 0 spiro atoms. The molecule has 0 N–H and O–H groups in total. The Balaban J connectivity index is 2.00. The van der Waals surface area contributed by atoms with Crippen LogP contribution in [0.15, 0.2) is 34.8 Å². The largest absolute Gasteiger partial charge is 0.474 e. The molecule has 28 heavy (non-hydrogen) atoms. The zero-order valence-corrected chi connectivity index (χ0v) is 16.7. The van der Waals surface area contributed by atoms with E-state index in [0.29, 0.717) is 21.7 Å². The highest BCUT2D eigenvalue weighted by molar-refractivity contribution is 9.10. The van der Waals surface area contributed by atoms with Gasteiger partial charge in [-0.3, -0.25) is 0 Å². The van der Waals surface area contributed by atoms with E-state index >= 15 is 0 Å². The van der Waals surface area contributed by atoms with Gasteiger partial charge in [-0.25, -0.2) is 13.2 Å². The fourth-order valence-electron chi connectivity index (χ4n) is 2.78. The van der Waals surface area contributed by atoms with Crippen LogP contribution in [0, 0.1) is 28.8 Å². The predicted molar refractivity (Wildman–Crippen MR) is 98.8 cm³/mol. The van der Waals surface area contributed by atoms with Crippen molar-refractivity contribution in [2.75, 3.05) is 0 Å². The Bertz CT molecular complexity index is 1080. The van der Waals surface area contributed by atoms with Gasteiger partial charge in [-0.05, 0) is 60.1 Å². The van der Waals surface area contributed by atoms with Crippen LogP contribution in [0.25, 0.3) is 11.4 Å². The summed E-state index contributed by atoms with van der Waals surface area (Å²) >= 11 is 3.29. The highest BCUT2D eigenvalue weighted by Gasteiger charge is 2.32. The van der Waals surface area contributed by atoms with E-state index in [9.17, 15) is 13.2 Å². The van der Waals surface area contributed by atoms with Gasteiger partial charge in [-0.15, -0.1) is 10.2 Å². The monoisotopic (exact) mass is 450 g/mol. The summed E-state index contributed by atoms with van der Waals surface area (Å²) in [6.07, 6.45) is 0. The van der Waals surface area contributed by atoms with Crippen LogP contribution >= 0.6 is 15.9 Å². The number of halogens is 4. The fourth-order valence-corrected chi connectivity index (χ4v) is 3.31. The molecule has 0 unspecified atom stereocenters. The molecule has 3 aromatic rings. The molecular weight excluding hydrogens is 437 g/mol. The molecule has 0 aliphatic heterocycles. The van der Waals surface area contributed by atoms with Gasteiger partial charge >= 0.3 is 0 Å². The summed E-state index contributed by atoms with van der Waals surface area (Å²) in [4.78, 5) is 0. The second-order valence-corrected chi connectivity index (χ2v) is 7.38. The van der Waals surface area contributed by atoms with Gasteiger partial charge in [0.25, 0.3) is 0 Å². The smallest absolute Gasteiger partial charge is 0.192 e. The number of hydrogen-bond donors (Lipinski definition) is 0. The molecule has 3 rings (SSSR count). The first-order chi connectivity index (χ1) is 13.1. The molecule has 5 nitrogen and oxygen atoms in total. The minimum absolute atomic E-state index is 0.151. The topological polar surface area (TPSA) is 63.7 Å². The third-order valence-corrected chi connectivity index (χ3v) is 4.73. The maximum absolute atomic E-state index is 14.2. The normalized spacial score (nSPS) is 11.4. The standard InChI is InChI=1S/C19H14BrF3N4O/c1-19(2,28-16-14(22)6-10(9-24)7-15(16)23)18-26-25-17(27(18)3)12-5-4-11(21)8-13(12)20/h4-8H,1-3H3. The molecule has 9 heteroatoms.